The van der Waals surface area contributed by atoms with Crippen molar-refractivity contribution in [2.45, 2.75) is 99.4 Å². The number of phenols is 1. The van der Waals surface area contributed by atoms with Crippen LogP contribution >= 0.6 is 0 Å². The molecule has 17 nitrogen and oxygen atoms in total. The van der Waals surface area contributed by atoms with Gasteiger partial charge in [0, 0.05) is 112 Å². The first kappa shape index (κ1) is 49.9. The van der Waals surface area contributed by atoms with Gasteiger partial charge in [-0.15, -0.1) is 0 Å². The van der Waals surface area contributed by atoms with Crippen LogP contribution in [0, 0.1) is 36.5 Å². The van der Waals surface area contributed by atoms with E-state index in [1.807, 2.05) is 0 Å². The number of ether oxygens (including phenoxy) is 4. The molecule has 0 unspecified atom stereocenters. The number of carbonyl (C=O) groups excluding carboxylic acids is 2. The molecule has 0 saturated carbocycles. The van der Waals surface area contributed by atoms with Crippen molar-refractivity contribution in [3.63, 3.8) is 0 Å². The van der Waals surface area contributed by atoms with Crippen LogP contribution in [-0.4, -0.2) is 112 Å². The molecular weight excluding hydrogens is 877 g/mol. The summed E-state index contributed by atoms with van der Waals surface area (Å²) in [5.41, 5.74) is -1.35. The Labute approximate surface area is 394 Å². The lowest BCUT2D eigenvalue weighted by atomic mass is 9.78. The highest BCUT2D eigenvalue weighted by atomic mass is 16.7. The molecule has 1 aromatic heterocycles. The smallest absolute Gasteiger partial charge is 0.307 e. The topological polar surface area (TPSA) is 231 Å². The second kappa shape index (κ2) is 19.5. The van der Waals surface area contributed by atoms with E-state index in [2.05, 4.69) is 29.0 Å². The van der Waals surface area contributed by atoms with Crippen molar-refractivity contribution in [2.24, 2.45) is 29.6 Å². The van der Waals surface area contributed by atoms with Gasteiger partial charge in [0.1, 0.15) is 28.8 Å². The molecule has 366 valence electrons. The maximum absolute atomic E-state index is 14.9. The lowest BCUT2D eigenvalue weighted by molar-refractivity contribution is -0.160. The van der Waals surface area contributed by atoms with Crippen molar-refractivity contribution in [2.75, 3.05) is 50.1 Å². The van der Waals surface area contributed by atoms with E-state index >= 15 is 0 Å². The molecule has 68 heavy (non-hydrogen) atoms. The van der Waals surface area contributed by atoms with Crippen LogP contribution in [0.1, 0.15) is 67.9 Å². The number of aliphatic hydroxyl groups excluding tert-OH is 3. The summed E-state index contributed by atoms with van der Waals surface area (Å²) in [6.45, 7) is 20.8. The highest BCUT2D eigenvalue weighted by Gasteiger charge is 2.44. The molecule has 0 spiro atoms. The Kier molecular flexibility index (Phi) is 14.3. The zero-order valence-electron chi connectivity index (χ0n) is 40.6. The number of esters is 1. The molecule has 3 aliphatic heterocycles. The second-order valence-electron chi connectivity index (χ2n) is 19.2. The molecule has 3 aromatic carbocycles. The third kappa shape index (κ3) is 9.28. The zero-order chi connectivity index (χ0) is 49.7. The van der Waals surface area contributed by atoms with E-state index in [1.165, 1.54) is 59.3 Å². The molecule has 3 aliphatic rings. The van der Waals surface area contributed by atoms with Crippen LogP contribution in [0.25, 0.3) is 38.7 Å². The SMILES string of the molecule is CO[C@H]1C=CO[C@@]2(C)Oc3c(C)c(O)c4c(=O)c(c5oc6cc(N7CCN(CC(C)C)CC7)cc(=O)c6nc5c4c3=C2O)NC(=O)/C(C)=C\C=C[C@H](C)[C@H](O)[C@@H](C)[C@@H](O)[C@@H](C)[C@H](OC(C)=O)[C@@H]1C. The van der Waals surface area contributed by atoms with Crippen LogP contribution < -0.4 is 31.0 Å². The summed E-state index contributed by atoms with van der Waals surface area (Å²) in [4.78, 5) is 64.7. The van der Waals surface area contributed by atoms with E-state index in [1.54, 1.807) is 45.9 Å². The number of aromatic nitrogens is 1. The first-order valence-electron chi connectivity index (χ1n) is 23.2. The Morgan fingerprint density at radius 3 is 2.29 bits per heavy atom. The number of carbonyl (C=O) groups is 2. The standard InChI is InChI=1S/C51H64N4O13/c1-24(2)23-54-16-18-55(19-17-54)32-21-33(57)39-35(22-32)67-48-40(52-39)36-37-44(60)30(8)47-38(36)49(62)51(10,68-47)65-20-15-34(64-11)27(5)46(66-31(9)56)29(7)43(59)28(6)42(58)25(3)13-12-14-26(4)50(63)53-41(48)45(37)61/h12-15,20-22,24-25,27-29,34,42-43,46,58-60,62H,16-19,23H2,1-11H3,(H,53,63)/b13-12?,20-15?,26-14-/t25-,27+,28+,29+,34-,42-,43+,46+,51-/m0/s1. The summed E-state index contributed by atoms with van der Waals surface area (Å²) in [6.07, 6.45) is 3.57. The van der Waals surface area contributed by atoms with Gasteiger partial charge >= 0.3 is 11.8 Å². The number of anilines is 2. The third-order valence-corrected chi connectivity index (χ3v) is 13.8. The predicted octanol–water partition coefficient (Wildman–Crippen LogP) is 5.34. The van der Waals surface area contributed by atoms with E-state index in [-0.39, 0.29) is 60.8 Å². The Hall–Kier alpha value is -6.01. The minimum atomic E-state index is -1.98. The molecule has 0 radical (unpaired) electrons. The molecule has 5 N–H and O–H groups in total. The number of aliphatic hydroxyl groups is 3. The number of rotatable bonds is 5. The van der Waals surface area contributed by atoms with Gasteiger partial charge in [-0.1, -0.05) is 59.8 Å². The van der Waals surface area contributed by atoms with Crippen molar-refractivity contribution in [3.8, 4) is 11.5 Å². The summed E-state index contributed by atoms with van der Waals surface area (Å²) < 4.78 is 30.5. The number of allylic oxidation sites excluding steroid dienone is 2. The quantitative estimate of drug-likeness (QED) is 0.0966. The van der Waals surface area contributed by atoms with E-state index in [9.17, 15) is 39.6 Å². The number of fused-ring (bicyclic) bond motifs is 2. The lowest BCUT2D eigenvalue weighted by Crippen LogP contribution is -2.47. The molecule has 9 atom stereocenters. The average molecular weight is 941 g/mol. The van der Waals surface area contributed by atoms with Gasteiger partial charge in [-0.05, 0) is 25.8 Å². The van der Waals surface area contributed by atoms with Crippen molar-refractivity contribution in [3.05, 3.63) is 79.5 Å². The summed E-state index contributed by atoms with van der Waals surface area (Å²) in [6, 6.07) is 3.16. The number of benzene rings is 3. The van der Waals surface area contributed by atoms with E-state index in [4.69, 9.17) is 28.3 Å². The number of hydrogen-bond donors (Lipinski definition) is 5. The highest BCUT2D eigenvalue weighted by molar-refractivity contribution is 6.16. The van der Waals surface area contributed by atoms with Crippen molar-refractivity contribution >= 4 is 62.0 Å². The zero-order valence-corrected chi connectivity index (χ0v) is 40.6. The number of amides is 1. The van der Waals surface area contributed by atoms with Gasteiger partial charge in [0.25, 0.3) is 5.91 Å². The fourth-order valence-corrected chi connectivity index (χ4v) is 9.76. The summed E-state index contributed by atoms with van der Waals surface area (Å²) in [5, 5.41) is 49.3. The summed E-state index contributed by atoms with van der Waals surface area (Å²) in [7, 11) is 1.45. The molecule has 4 aromatic rings. The molecule has 1 amide bonds. The van der Waals surface area contributed by atoms with Crippen molar-refractivity contribution < 1.29 is 53.4 Å². The van der Waals surface area contributed by atoms with Crippen molar-refractivity contribution in [1.82, 2.24) is 9.88 Å². The molecule has 17 heteroatoms. The summed E-state index contributed by atoms with van der Waals surface area (Å²) >= 11 is 0. The molecule has 1 fully saturated rings. The predicted molar refractivity (Wildman–Crippen MR) is 259 cm³/mol. The highest BCUT2D eigenvalue weighted by Crippen LogP contribution is 2.42. The van der Waals surface area contributed by atoms with Gasteiger partial charge in [0.15, 0.2) is 22.4 Å². The van der Waals surface area contributed by atoms with Gasteiger partial charge in [-0.25, -0.2) is 4.98 Å². The van der Waals surface area contributed by atoms with Gasteiger partial charge in [-0.3, -0.25) is 24.1 Å². The molecule has 4 heterocycles. The minimum Gasteiger partial charge on any atom is -0.507 e. The fourth-order valence-electron chi connectivity index (χ4n) is 9.76. The van der Waals surface area contributed by atoms with Crippen LogP contribution in [0.4, 0.5) is 11.4 Å². The van der Waals surface area contributed by atoms with E-state index in [0.29, 0.717) is 24.7 Å². The Morgan fingerprint density at radius 2 is 1.65 bits per heavy atom. The normalized spacial score (nSPS) is 28.6. The number of methoxy groups -OCH3 is 1. The Morgan fingerprint density at radius 1 is 0.956 bits per heavy atom. The van der Waals surface area contributed by atoms with Crippen LogP contribution in [0.3, 0.4) is 0 Å². The summed E-state index contributed by atoms with van der Waals surface area (Å²) in [5.74, 6) is -6.43. The van der Waals surface area contributed by atoms with Gasteiger partial charge in [-0.2, -0.15) is 0 Å². The first-order valence-corrected chi connectivity index (χ1v) is 23.2. The number of aromatic hydroxyl groups is 1. The van der Waals surface area contributed by atoms with Gasteiger partial charge in [0.05, 0.1) is 35.2 Å². The number of phenolic OH excluding ortho intramolecular Hbond substituents is 1. The molecule has 1 saturated heterocycles. The largest absolute Gasteiger partial charge is 0.507 e. The minimum absolute atomic E-state index is 0.0390. The average Bonchev–Trinajstić information content (AvgIpc) is 3.56. The van der Waals surface area contributed by atoms with Crippen LogP contribution in [0.15, 0.2) is 62.3 Å². The maximum Gasteiger partial charge on any atom is 0.307 e. The lowest BCUT2D eigenvalue weighted by Gasteiger charge is -2.38. The third-order valence-electron chi connectivity index (χ3n) is 13.8. The monoisotopic (exact) mass is 940 g/mol. The van der Waals surface area contributed by atoms with Crippen LogP contribution in [-0.2, 0) is 23.8 Å². The maximum atomic E-state index is 14.9. The van der Waals surface area contributed by atoms with Crippen LogP contribution in [0.2, 0.25) is 0 Å². The van der Waals surface area contributed by atoms with Gasteiger partial charge in [0.2, 0.25) is 10.9 Å². The second-order valence-corrected chi connectivity index (χ2v) is 19.2. The molecular formula is C51H64N4O13. The van der Waals surface area contributed by atoms with Gasteiger partial charge < -0.3 is 54.0 Å². The van der Waals surface area contributed by atoms with E-state index in [0.717, 1.165) is 19.6 Å². The first-order chi connectivity index (χ1) is 32.1. The van der Waals surface area contributed by atoms with Crippen LogP contribution in [0.5, 0.6) is 11.5 Å². The number of hydrogen-bond acceptors (Lipinski definition) is 16. The molecule has 4 bridgehead atoms. The van der Waals surface area contributed by atoms with Crippen molar-refractivity contribution in [1.29, 1.82) is 0 Å². The Balaban J connectivity index is 1.46. The number of piperazine rings is 1. The fraction of sp³-hybridized carbons (Fsp3) is 0.510. The molecule has 7 rings (SSSR count). The number of nitrogens with zero attached hydrogens (tertiary/aromatic N) is 3. The Bertz CT molecular complexity index is 2900. The van der Waals surface area contributed by atoms with E-state index < -0.39 is 88.1 Å². The number of nitrogens with one attached hydrogen (secondary N) is 1. The molecule has 0 aliphatic carbocycles.